The molecule has 2 spiro atoms. The molecule has 0 bridgehead atoms. The van der Waals surface area contributed by atoms with Crippen LogP contribution in [-0.4, -0.2) is 0 Å². The molecule has 4 heteroatoms. The lowest BCUT2D eigenvalue weighted by atomic mass is 9.64. The van der Waals surface area contributed by atoms with E-state index in [2.05, 4.69) is 541 Å². The van der Waals surface area contributed by atoms with Gasteiger partial charge in [-0.3, -0.25) is 0 Å². The van der Waals surface area contributed by atoms with Crippen LogP contribution in [0, 0.1) is 0 Å². The molecule has 0 fully saturated rings. The highest BCUT2D eigenvalue weighted by atomic mass is 15.2. The maximum absolute atomic E-state index is 2.49. The molecule has 0 unspecified atom stereocenters. The summed E-state index contributed by atoms with van der Waals surface area (Å²) in [4.78, 5) is 9.88. The molecule has 0 N–H and O–H groups in total. The fourth-order valence-corrected chi connectivity index (χ4v) is 22.7. The van der Waals surface area contributed by atoms with E-state index in [1.165, 1.54) is 156 Å². The fraction of sp³-hybridized carbons (Fsp3) is 0.0154. The van der Waals surface area contributed by atoms with Gasteiger partial charge in [0.15, 0.2) is 0 Å². The van der Waals surface area contributed by atoms with Gasteiger partial charge in [-0.25, -0.2) is 0 Å². The number of hydrogen-bond acceptors (Lipinski definition) is 4. The Hall–Kier alpha value is -17.4. The van der Waals surface area contributed by atoms with Crippen molar-refractivity contribution >= 4 is 89.8 Å². The quantitative estimate of drug-likeness (QED) is 0.101. The molecule has 2 heterocycles. The number of benzene rings is 22. The summed E-state index contributed by atoms with van der Waals surface area (Å²) in [6, 6.07) is 194. The Kier molecular flexibility index (Phi) is 18.4. The number of rotatable bonds is 15. The first-order valence-corrected chi connectivity index (χ1v) is 46.4. The Labute approximate surface area is 781 Å². The topological polar surface area (TPSA) is 13.0 Å². The molecule has 626 valence electrons. The van der Waals surface area contributed by atoms with Gasteiger partial charge in [0, 0.05) is 45.3 Å². The van der Waals surface area contributed by atoms with E-state index in [9.17, 15) is 0 Å². The number of para-hydroxylation sites is 6. The van der Waals surface area contributed by atoms with Gasteiger partial charge >= 0.3 is 0 Å². The third-order valence-corrected chi connectivity index (χ3v) is 28.6. The van der Waals surface area contributed by atoms with Gasteiger partial charge in [0.1, 0.15) is 0 Å². The molecule has 0 aromatic heterocycles. The van der Waals surface area contributed by atoms with Crippen molar-refractivity contribution in [3.8, 4) is 100 Å². The SMILES string of the molecule is c1ccc(-c2ccc(N(c3ccc(-c4ccc(-c5ccc6cc(-c7cccc(-c8ccc(N(c9ccc(-c%10ccc(-c%11cccc%12ccccc%11%12)cc%10)cc9)c9cccc%10c9-c9ccccc9C%109c%10ccccc%10N(c%10ccccc%10)c%10ccccc%109)cc8)c7)ccc6c5)cc4)cc3)c3cccc4c3-c3ccccc3C43c4ccccc4N(c4ccccc4)c4ccccc43)cc2)cc1. The Bertz CT molecular complexity index is 8230. The lowest BCUT2D eigenvalue weighted by molar-refractivity contribution is 0.752. The van der Waals surface area contributed by atoms with Crippen LogP contribution < -0.4 is 19.6 Å². The number of fused-ring (bicyclic) bond motifs is 20. The van der Waals surface area contributed by atoms with E-state index in [-0.39, 0.29) is 0 Å². The first-order chi connectivity index (χ1) is 66.5. The highest BCUT2D eigenvalue weighted by molar-refractivity contribution is 6.06. The summed E-state index contributed by atoms with van der Waals surface area (Å²) in [5.41, 5.74) is 43.7. The molecular formula is C130H86N4. The van der Waals surface area contributed by atoms with Gasteiger partial charge in [0.25, 0.3) is 0 Å². The second-order valence-corrected chi connectivity index (χ2v) is 35.7. The largest absolute Gasteiger partial charge is 0.310 e. The van der Waals surface area contributed by atoms with Crippen molar-refractivity contribution in [2.75, 3.05) is 19.6 Å². The zero-order chi connectivity index (χ0) is 88.4. The van der Waals surface area contributed by atoms with Crippen molar-refractivity contribution in [1.29, 1.82) is 0 Å². The normalized spacial score (nSPS) is 13.0. The van der Waals surface area contributed by atoms with Crippen LogP contribution in [0.1, 0.15) is 44.5 Å². The third kappa shape index (κ3) is 12.4. The molecular weight excluding hydrogens is 1620 g/mol. The maximum atomic E-state index is 2.49. The summed E-state index contributed by atoms with van der Waals surface area (Å²) < 4.78 is 0. The predicted octanol–water partition coefficient (Wildman–Crippen LogP) is 34.9. The monoisotopic (exact) mass is 1700 g/mol. The highest BCUT2D eigenvalue weighted by Gasteiger charge is 2.55. The van der Waals surface area contributed by atoms with Crippen LogP contribution in [0.4, 0.5) is 68.2 Å². The van der Waals surface area contributed by atoms with Crippen molar-refractivity contribution in [1.82, 2.24) is 0 Å². The average molecular weight is 1700 g/mol. The van der Waals surface area contributed by atoms with Crippen LogP contribution in [0.2, 0.25) is 0 Å². The lowest BCUT2D eigenvalue weighted by Gasteiger charge is -2.45. The van der Waals surface area contributed by atoms with E-state index in [1.807, 2.05) is 0 Å². The standard InChI is InChI=1S/C130H86N4/c1-4-28-87(29-5-1)90-68-76-105(77-69-90)131(125-54-26-48-119-127(125)111-39-12-14-42-113(111)129(119)115-44-16-20-50-121(115)133(103-34-6-2-7-35-103)122-51-21-17-45-116(122)129)106-78-70-91(71-79-106)88-56-58-93(59-57-88)99-64-65-102-86-100(66-67-101(102)85-99)98-33-24-32-97(84-98)94-74-82-108(83-75-94)132(107-80-72-92(73-81-107)89-60-62-96(63-61-89)110-41-25-31-95-30-10-11-38-109(95)110)126-55-27-49-120-128(126)112-40-13-15-43-114(112)130(120)117-46-18-22-52-123(117)134(104-36-8-3-9-37-104)124-53-23-19-47-118(124)130/h1-86H. The Balaban J connectivity index is 0.507. The van der Waals surface area contributed by atoms with E-state index >= 15 is 0 Å². The predicted molar refractivity (Wildman–Crippen MR) is 560 cm³/mol. The summed E-state index contributed by atoms with van der Waals surface area (Å²) in [5.74, 6) is 0. The molecule has 134 heavy (non-hydrogen) atoms. The fourth-order valence-electron chi connectivity index (χ4n) is 22.7. The van der Waals surface area contributed by atoms with E-state index < -0.39 is 10.8 Å². The van der Waals surface area contributed by atoms with Crippen LogP contribution in [0.5, 0.6) is 0 Å². The van der Waals surface area contributed by atoms with Crippen molar-refractivity contribution in [2.45, 2.75) is 10.8 Å². The smallest absolute Gasteiger partial charge is 0.0755 e. The minimum atomic E-state index is -0.631. The molecule has 4 nitrogen and oxygen atoms in total. The Morgan fingerprint density at radius 3 is 0.836 bits per heavy atom. The van der Waals surface area contributed by atoms with Gasteiger partial charge in [-0.05, 0) is 282 Å². The number of anilines is 12. The van der Waals surface area contributed by atoms with Crippen molar-refractivity contribution < 1.29 is 0 Å². The van der Waals surface area contributed by atoms with Gasteiger partial charge < -0.3 is 19.6 Å². The first kappa shape index (κ1) is 77.7. The summed E-state index contributed by atoms with van der Waals surface area (Å²) in [6.45, 7) is 0. The maximum Gasteiger partial charge on any atom is 0.0755 e. The minimum Gasteiger partial charge on any atom is -0.310 e. The van der Waals surface area contributed by atoms with Crippen LogP contribution in [0.15, 0.2) is 522 Å². The van der Waals surface area contributed by atoms with Crippen LogP contribution >= 0.6 is 0 Å². The molecule has 4 aliphatic rings. The molecule has 26 rings (SSSR count). The minimum absolute atomic E-state index is 0.609. The summed E-state index contributed by atoms with van der Waals surface area (Å²) >= 11 is 0. The molecule has 0 amide bonds. The van der Waals surface area contributed by atoms with Gasteiger partial charge in [0.05, 0.1) is 45.0 Å². The molecule has 0 atom stereocenters. The van der Waals surface area contributed by atoms with Crippen molar-refractivity contribution in [3.63, 3.8) is 0 Å². The van der Waals surface area contributed by atoms with Crippen LogP contribution in [0.3, 0.4) is 0 Å². The van der Waals surface area contributed by atoms with Gasteiger partial charge in [0.2, 0.25) is 0 Å². The van der Waals surface area contributed by atoms with Gasteiger partial charge in [-0.2, -0.15) is 0 Å². The molecule has 2 aliphatic heterocycles. The first-order valence-electron chi connectivity index (χ1n) is 46.4. The molecule has 22 aromatic carbocycles. The zero-order valence-corrected chi connectivity index (χ0v) is 73.4. The van der Waals surface area contributed by atoms with Gasteiger partial charge in [-0.15, -0.1) is 0 Å². The molecule has 0 radical (unpaired) electrons. The molecule has 0 saturated carbocycles. The van der Waals surface area contributed by atoms with Crippen LogP contribution in [0.25, 0.3) is 122 Å². The lowest BCUT2D eigenvalue weighted by Crippen LogP contribution is -2.36. The molecule has 22 aromatic rings. The van der Waals surface area contributed by atoms with E-state index in [0.717, 1.165) is 78.9 Å². The van der Waals surface area contributed by atoms with Crippen LogP contribution in [-0.2, 0) is 10.8 Å². The Morgan fingerprint density at radius 1 is 0.157 bits per heavy atom. The second kappa shape index (κ2) is 31.7. The second-order valence-electron chi connectivity index (χ2n) is 35.7. The average Bonchev–Trinajstić information content (AvgIpc) is 1.52. The number of nitrogens with zero attached hydrogens (tertiary/aromatic N) is 4. The van der Waals surface area contributed by atoms with E-state index in [1.54, 1.807) is 0 Å². The number of hydrogen-bond donors (Lipinski definition) is 0. The summed E-state index contributed by atoms with van der Waals surface area (Å²) in [7, 11) is 0. The third-order valence-electron chi connectivity index (χ3n) is 28.6. The van der Waals surface area contributed by atoms with Crippen molar-refractivity contribution in [2.24, 2.45) is 0 Å². The highest BCUT2D eigenvalue weighted by Crippen LogP contribution is 2.68. The van der Waals surface area contributed by atoms with Gasteiger partial charge in [-0.1, -0.05) is 394 Å². The van der Waals surface area contributed by atoms with Crippen molar-refractivity contribution in [3.05, 3.63) is 566 Å². The molecule has 2 aliphatic carbocycles. The van der Waals surface area contributed by atoms with E-state index in [4.69, 9.17) is 0 Å². The van der Waals surface area contributed by atoms with E-state index in [0.29, 0.717) is 0 Å². The summed E-state index contributed by atoms with van der Waals surface area (Å²) in [5, 5.41) is 4.88. The zero-order valence-electron chi connectivity index (χ0n) is 73.4. The molecule has 0 saturated heterocycles. The Morgan fingerprint density at radius 2 is 0.418 bits per heavy atom. The summed E-state index contributed by atoms with van der Waals surface area (Å²) in [6.07, 6.45) is 0.